The molecule has 0 saturated carbocycles. The van der Waals surface area contributed by atoms with E-state index in [1.165, 1.54) is 26.7 Å². The molecular weight excluding hydrogens is 482 g/mol. The van der Waals surface area contributed by atoms with Crippen LogP contribution in [-0.4, -0.2) is 35.5 Å². The molecule has 4 aromatic rings. The first-order valence-corrected chi connectivity index (χ1v) is 12.8. The first kappa shape index (κ1) is 22.2. The number of hydrogen-bond donors (Lipinski definition) is 0. The predicted octanol–water partition coefficient (Wildman–Crippen LogP) is 5.61. The number of aromatic nitrogens is 3. The van der Waals surface area contributed by atoms with Gasteiger partial charge in [-0.15, -0.1) is 0 Å². The molecule has 6 rings (SSSR count). The van der Waals surface area contributed by atoms with Crippen molar-refractivity contribution in [2.24, 2.45) is 0 Å². The summed E-state index contributed by atoms with van der Waals surface area (Å²) in [4.78, 5) is 9.54. The lowest BCUT2D eigenvalue weighted by Gasteiger charge is -2.30. The van der Waals surface area contributed by atoms with Crippen molar-refractivity contribution in [1.82, 2.24) is 14.8 Å². The van der Waals surface area contributed by atoms with Crippen molar-refractivity contribution in [2.45, 2.75) is 32.6 Å². The maximum absolute atomic E-state index is 6.11. The van der Waals surface area contributed by atoms with E-state index in [1.54, 1.807) is 20.5 Å². The van der Waals surface area contributed by atoms with Crippen LogP contribution >= 0.6 is 22.9 Å². The highest BCUT2D eigenvalue weighted by Crippen LogP contribution is 2.51. The van der Waals surface area contributed by atoms with Crippen LogP contribution in [0.1, 0.15) is 23.1 Å². The average molecular weight is 508 g/mol. The van der Waals surface area contributed by atoms with Crippen molar-refractivity contribution in [2.75, 3.05) is 30.6 Å². The molecular formula is C26H26ClN5O2S. The van der Waals surface area contributed by atoms with Gasteiger partial charge < -0.3 is 19.3 Å². The zero-order valence-electron chi connectivity index (χ0n) is 19.7. The number of halogens is 1. The van der Waals surface area contributed by atoms with Gasteiger partial charge in [-0.3, -0.25) is 0 Å². The minimum absolute atomic E-state index is 0.660. The van der Waals surface area contributed by atoms with E-state index in [-0.39, 0.29) is 0 Å². The van der Waals surface area contributed by atoms with Crippen LogP contribution in [0.25, 0.3) is 11.4 Å². The van der Waals surface area contributed by atoms with Gasteiger partial charge in [-0.05, 0) is 53.8 Å². The first-order chi connectivity index (χ1) is 17.1. The standard InChI is InChI=1S/C26H26ClN5O2S/c1-33-21-10-7-18(12-22(21)34-2)14-31-16-32-24(28-15-29-32)23-20-4-3-11-30(25(20)35-26(23)31)13-17-5-8-19(27)9-6-17/h5-10,12,15H,3-4,11,13-14,16H2,1-2H3. The topological polar surface area (TPSA) is 55.7 Å². The van der Waals surface area contributed by atoms with E-state index in [1.807, 2.05) is 34.2 Å². The molecule has 7 nitrogen and oxygen atoms in total. The van der Waals surface area contributed by atoms with Crippen LogP contribution in [0.3, 0.4) is 0 Å². The summed E-state index contributed by atoms with van der Waals surface area (Å²) in [6.45, 7) is 3.31. The van der Waals surface area contributed by atoms with Gasteiger partial charge in [0.15, 0.2) is 17.3 Å². The average Bonchev–Trinajstić information content (AvgIpc) is 3.50. The summed E-state index contributed by atoms with van der Waals surface area (Å²) in [7, 11) is 3.33. The van der Waals surface area contributed by atoms with Gasteiger partial charge in [-0.25, -0.2) is 9.67 Å². The van der Waals surface area contributed by atoms with Crippen molar-refractivity contribution in [3.63, 3.8) is 0 Å². The quantitative estimate of drug-likeness (QED) is 0.338. The number of fused-ring (bicyclic) bond motifs is 5. The zero-order chi connectivity index (χ0) is 23.9. The van der Waals surface area contributed by atoms with Crippen molar-refractivity contribution in [3.8, 4) is 22.9 Å². The molecule has 2 aromatic carbocycles. The van der Waals surface area contributed by atoms with Crippen molar-refractivity contribution >= 4 is 32.9 Å². The van der Waals surface area contributed by atoms with Crippen molar-refractivity contribution < 1.29 is 9.47 Å². The van der Waals surface area contributed by atoms with Gasteiger partial charge in [0, 0.05) is 24.7 Å². The molecule has 0 radical (unpaired) electrons. The van der Waals surface area contributed by atoms with Gasteiger partial charge >= 0.3 is 0 Å². The Morgan fingerprint density at radius 1 is 0.943 bits per heavy atom. The van der Waals surface area contributed by atoms with Gasteiger partial charge in [-0.1, -0.05) is 41.1 Å². The van der Waals surface area contributed by atoms with Gasteiger partial charge in [0.2, 0.25) is 0 Å². The minimum atomic E-state index is 0.660. The third-order valence-corrected chi connectivity index (χ3v) is 8.25. The molecule has 2 aliphatic heterocycles. The second kappa shape index (κ2) is 9.09. The summed E-state index contributed by atoms with van der Waals surface area (Å²) in [5, 5.41) is 7.89. The Hall–Kier alpha value is -3.23. The monoisotopic (exact) mass is 507 g/mol. The summed E-state index contributed by atoms with van der Waals surface area (Å²) in [6.07, 6.45) is 3.83. The van der Waals surface area contributed by atoms with Crippen LogP contribution < -0.4 is 19.3 Å². The SMILES string of the molecule is COc1ccc(CN2Cn3ncnc3-c3c2sc2c3CCCN2Cc2ccc(Cl)cc2)cc1OC. The number of methoxy groups -OCH3 is 2. The van der Waals surface area contributed by atoms with E-state index in [0.717, 1.165) is 60.4 Å². The maximum atomic E-state index is 6.11. The van der Waals surface area contributed by atoms with Crippen molar-refractivity contribution in [1.29, 1.82) is 0 Å². The van der Waals surface area contributed by atoms with E-state index in [4.69, 9.17) is 21.1 Å². The molecule has 180 valence electrons. The summed E-state index contributed by atoms with van der Waals surface area (Å²) in [5.74, 6) is 2.44. The van der Waals surface area contributed by atoms with Crippen LogP contribution in [0, 0.1) is 0 Å². The Labute approximate surface area is 213 Å². The Balaban J connectivity index is 1.37. The van der Waals surface area contributed by atoms with Gasteiger partial charge in [-0.2, -0.15) is 5.10 Å². The third kappa shape index (κ3) is 4.00. The second-order valence-electron chi connectivity index (χ2n) is 8.83. The van der Waals surface area contributed by atoms with Crippen LogP contribution in [-0.2, 0) is 26.2 Å². The normalized spacial score (nSPS) is 14.4. The molecule has 0 saturated heterocycles. The lowest BCUT2D eigenvalue weighted by molar-refractivity contribution is 0.354. The molecule has 2 aromatic heterocycles. The van der Waals surface area contributed by atoms with Gasteiger partial charge in [0.1, 0.15) is 18.0 Å². The predicted molar refractivity (Wildman–Crippen MR) is 140 cm³/mol. The van der Waals surface area contributed by atoms with E-state index >= 15 is 0 Å². The molecule has 9 heteroatoms. The van der Waals surface area contributed by atoms with Gasteiger partial charge in [0.25, 0.3) is 0 Å². The summed E-state index contributed by atoms with van der Waals surface area (Å²) >= 11 is 7.98. The maximum Gasteiger partial charge on any atom is 0.163 e. The van der Waals surface area contributed by atoms with E-state index in [9.17, 15) is 0 Å². The van der Waals surface area contributed by atoms with E-state index in [0.29, 0.717) is 6.67 Å². The van der Waals surface area contributed by atoms with E-state index < -0.39 is 0 Å². The van der Waals surface area contributed by atoms with Crippen LogP contribution in [0.4, 0.5) is 10.0 Å². The fourth-order valence-electron chi connectivity index (χ4n) is 5.00. The lowest BCUT2D eigenvalue weighted by Crippen LogP contribution is -2.30. The molecule has 0 fully saturated rings. The number of benzene rings is 2. The number of ether oxygens (including phenoxy) is 2. The highest BCUT2D eigenvalue weighted by Gasteiger charge is 2.34. The summed E-state index contributed by atoms with van der Waals surface area (Å²) in [6, 6.07) is 14.3. The Morgan fingerprint density at radius 2 is 1.71 bits per heavy atom. The Bertz CT molecular complexity index is 1370. The van der Waals surface area contributed by atoms with Gasteiger partial charge in [0.05, 0.1) is 24.8 Å². The zero-order valence-corrected chi connectivity index (χ0v) is 21.3. The second-order valence-corrected chi connectivity index (χ2v) is 10.2. The number of nitrogens with zero attached hydrogens (tertiary/aromatic N) is 5. The Morgan fingerprint density at radius 3 is 2.51 bits per heavy atom. The summed E-state index contributed by atoms with van der Waals surface area (Å²) in [5.41, 5.74) is 5.03. The number of hydrogen-bond acceptors (Lipinski definition) is 7. The minimum Gasteiger partial charge on any atom is -0.493 e. The first-order valence-electron chi connectivity index (χ1n) is 11.6. The van der Waals surface area contributed by atoms with Crippen LogP contribution in [0.5, 0.6) is 11.5 Å². The smallest absolute Gasteiger partial charge is 0.163 e. The lowest BCUT2D eigenvalue weighted by atomic mass is 10.0. The van der Waals surface area contributed by atoms with E-state index in [2.05, 4.69) is 44.1 Å². The number of thiophene rings is 1. The molecule has 2 aliphatic rings. The Kier molecular flexibility index (Phi) is 5.78. The largest absolute Gasteiger partial charge is 0.493 e. The molecule has 4 heterocycles. The van der Waals surface area contributed by atoms with Crippen LogP contribution in [0.2, 0.25) is 5.02 Å². The van der Waals surface area contributed by atoms with Crippen LogP contribution in [0.15, 0.2) is 48.8 Å². The molecule has 0 N–H and O–H groups in total. The fourth-order valence-corrected chi connectivity index (χ4v) is 6.49. The molecule has 0 bridgehead atoms. The van der Waals surface area contributed by atoms with Crippen molar-refractivity contribution in [3.05, 3.63) is 70.5 Å². The fraction of sp³-hybridized carbons (Fsp3) is 0.308. The number of rotatable bonds is 6. The third-order valence-electron chi connectivity index (χ3n) is 6.65. The molecule has 0 unspecified atom stereocenters. The molecule has 35 heavy (non-hydrogen) atoms. The highest BCUT2D eigenvalue weighted by atomic mass is 35.5. The molecule has 0 aliphatic carbocycles. The molecule has 0 atom stereocenters. The summed E-state index contributed by atoms with van der Waals surface area (Å²) < 4.78 is 13.0. The molecule has 0 amide bonds. The number of anilines is 2. The highest BCUT2D eigenvalue weighted by molar-refractivity contribution is 7.21. The molecule has 0 spiro atoms.